The zero-order valence-corrected chi connectivity index (χ0v) is 14.2. The van der Waals surface area contributed by atoms with E-state index in [1.807, 2.05) is 0 Å². The third-order valence-electron chi connectivity index (χ3n) is 5.30. The Morgan fingerprint density at radius 3 is 2.65 bits per heavy atom. The summed E-state index contributed by atoms with van der Waals surface area (Å²) in [6.07, 6.45) is 4.87. The summed E-state index contributed by atoms with van der Waals surface area (Å²) in [5, 5.41) is 5.68. The van der Waals surface area contributed by atoms with Gasteiger partial charge in [-0.2, -0.15) is 0 Å². The van der Waals surface area contributed by atoms with Gasteiger partial charge in [0, 0.05) is 6.04 Å². The van der Waals surface area contributed by atoms with Crippen molar-refractivity contribution >= 4 is 30.3 Å². The molecule has 3 aliphatic rings. The minimum absolute atomic E-state index is 0. The van der Waals surface area contributed by atoms with Gasteiger partial charge in [0.1, 0.15) is 12.1 Å². The van der Waals surface area contributed by atoms with Gasteiger partial charge in [-0.1, -0.05) is 6.42 Å². The number of nitrogens with one attached hydrogen (secondary N) is 2. The summed E-state index contributed by atoms with van der Waals surface area (Å²) in [5.41, 5.74) is 4.87. The standard InChI is InChI=1S/C15H24N4O3.ClH/c1-15(10-5-6-10)13(21)19(14(22)18-15)8-12(20)17-11-4-2-3-9(11)7-16;/h9-11H,2-8,16H2,1H3,(H,17,20)(H,18,22);1H. The summed E-state index contributed by atoms with van der Waals surface area (Å²) in [6.45, 7) is 2.10. The number of nitrogens with two attached hydrogens (primary N) is 1. The topological polar surface area (TPSA) is 105 Å². The fourth-order valence-electron chi connectivity index (χ4n) is 3.70. The minimum Gasteiger partial charge on any atom is -0.351 e. The van der Waals surface area contributed by atoms with Gasteiger partial charge in [-0.25, -0.2) is 4.79 Å². The zero-order valence-electron chi connectivity index (χ0n) is 13.3. The molecule has 1 heterocycles. The molecule has 0 spiro atoms. The Balaban J connectivity index is 0.00000192. The molecule has 4 N–H and O–H groups in total. The molecule has 3 atom stereocenters. The van der Waals surface area contributed by atoms with Crippen molar-refractivity contribution in [3.05, 3.63) is 0 Å². The van der Waals surface area contributed by atoms with Gasteiger partial charge >= 0.3 is 6.03 Å². The fraction of sp³-hybridized carbons (Fsp3) is 0.800. The second-order valence-electron chi connectivity index (χ2n) is 6.90. The Labute approximate surface area is 142 Å². The van der Waals surface area contributed by atoms with E-state index in [0.717, 1.165) is 37.0 Å². The second kappa shape index (κ2) is 6.65. The first-order chi connectivity index (χ1) is 10.5. The third-order valence-corrected chi connectivity index (χ3v) is 5.30. The molecule has 130 valence electrons. The van der Waals surface area contributed by atoms with Crippen molar-refractivity contribution < 1.29 is 14.4 Å². The van der Waals surface area contributed by atoms with E-state index in [1.165, 1.54) is 0 Å². The summed E-state index contributed by atoms with van der Waals surface area (Å²) in [5.74, 6) is -0.0666. The van der Waals surface area contributed by atoms with Crippen molar-refractivity contribution in [2.24, 2.45) is 17.6 Å². The predicted molar refractivity (Wildman–Crippen MR) is 86.9 cm³/mol. The molecule has 3 fully saturated rings. The molecule has 3 unspecified atom stereocenters. The van der Waals surface area contributed by atoms with Crippen LogP contribution in [0.4, 0.5) is 4.79 Å². The number of hydrogen-bond donors (Lipinski definition) is 3. The maximum absolute atomic E-state index is 12.5. The average molecular weight is 345 g/mol. The molecular weight excluding hydrogens is 320 g/mol. The van der Waals surface area contributed by atoms with Crippen LogP contribution in [-0.4, -0.2) is 47.4 Å². The first kappa shape index (κ1) is 18.0. The van der Waals surface area contributed by atoms with Crippen LogP contribution in [0.2, 0.25) is 0 Å². The SMILES string of the molecule is CC1(C2CC2)NC(=O)N(CC(=O)NC2CCCC2CN)C1=O.Cl. The Morgan fingerprint density at radius 1 is 1.35 bits per heavy atom. The van der Waals surface area contributed by atoms with E-state index in [4.69, 9.17) is 5.73 Å². The predicted octanol–water partition coefficient (Wildman–Crippen LogP) is 0.372. The van der Waals surface area contributed by atoms with E-state index in [-0.39, 0.29) is 42.7 Å². The lowest BCUT2D eigenvalue weighted by atomic mass is 9.96. The van der Waals surface area contributed by atoms with Crippen LogP contribution in [0.3, 0.4) is 0 Å². The van der Waals surface area contributed by atoms with Crippen molar-refractivity contribution in [3.8, 4) is 0 Å². The van der Waals surface area contributed by atoms with Gasteiger partial charge in [-0.3, -0.25) is 14.5 Å². The molecule has 0 bridgehead atoms. The molecule has 23 heavy (non-hydrogen) atoms. The quantitative estimate of drug-likeness (QED) is 0.627. The summed E-state index contributed by atoms with van der Waals surface area (Å²) in [4.78, 5) is 37.7. The fourth-order valence-corrected chi connectivity index (χ4v) is 3.70. The van der Waals surface area contributed by atoms with Crippen molar-refractivity contribution in [2.75, 3.05) is 13.1 Å². The molecule has 8 heteroatoms. The number of carbonyl (C=O) groups is 3. The van der Waals surface area contributed by atoms with Gasteiger partial charge < -0.3 is 16.4 Å². The van der Waals surface area contributed by atoms with E-state index in [2.05, 4.69) is 10.6 Å². The highest BCUT2D eigenvalue weighted by molar-refractivity contribution is 6.09. The smallest absolute Gasteiger partial charge is 0.325 e. The molecule has 3 rings (SSSR count). The number of carbonyl (C=O) groups excluding carboxylic acids is 3. The molecule has 0 aromatic heterocycles. The zero-order chi connectivity index (χ0) is 15.9. The number of amides is 4. The first-order valence-electron chi connectivity index (χ1n) is 8.09. The summed E-state index contributed by atoms with van der Waals surface area (Å²) >= 11 is 0. The van der Waals surface area contributed by atoms with Crippen LogP contribution in [0, 0.1) is 11.8 Å². The highest BCUT2D eigenvalue weighted by atomic mass is 35.5. The van der Waals surface area contributed by atoms with Crippen LogP contribution < -0.4 is 16.4 Å². The number of urea groups is 1. The molecule has 7 nitrogen and oxygen atoms in total. The van der Waals surface area contributed by atoms with Crippen LogP contribution >= 0.6 is 12.4 Å². The Hall–Kier alpha value is -1.34. The molecule has 1 aliphatic heterocycles. The maximum Gasteiger partial charge on any atom is 0.325 e. The summed E-state index contributed by atoms with van der Waals surface area (Å²) < 4.78 is 0. The number of imide groups is 1. The maximum atomic E-state index is 12.5. The van der Waals surface area contributed by atoms with Crippen molar-refractivity contribution in [1.82, 2.24) is 15.5 Å². The van der Waals surface area contributed by atoms with Crippen molar-refractivity contribution in [1.29, 1.82) is 0 Å². The molecule has 0 radical (unpaired) electrons. The molecule has 1 saturated heterocycles. The lowest BCUT2D eigenvalue weighted by Gasteiger charge is -2.22. The van der Waals surface area contributed by atoms with E-state index in [0.29, 0.717) is 12.5 Å². The first-order valence-corrected chi connectivity index (χ1v) is 8.09. The number of nitrogens with zero attached hydrogens (tertiary/aromatic N) is 1. The van der Waals surface area contributed by atoms with Crippen molar-refractivity contribution in [2.45, 2.75) is 50.6 Å². The second-order valence-corrected chi connectivity index (χ2v) is 6.90. The highest BCUT2D eigenvalue weighted by Gasteiger charge is 2.56. The number of halogens is 1. The Morgan fingerprint density at radius 2 is 2.04 bits per heavy atom. The minimum atomic E-state index is -0.829. The van der Waals surface area contributed by atoms with Gasteiger partial charge in [0.15, 0.2) is 0 Å². The molecular formula is C15H25ClN4O3. The molecule has 0 aromatic rings. The van der Waals surface area contributed by atoms with Gasteiger partial charge in [0.05, 0.1) is 0 Å². The third kappa shape index (κ3) is 3.30. The monoisotopic (exact) mass is 344 g/mol. The molecule has 2 saturated carbocycles. The lowest BCUT2D eigenvalue weighted by molar-refractivity contribution is -0.135. The molecule has 0 aromatic carbocycles. The molecule has 4 amide bonds. The largest absolute Gasteiger partial charge is 0.351 e. The van der Waals surface area contributed by atoms with Gasteiger partial charge in [0.25, 0.3) is 5.91 Å². The lowest BCUT2D eigenvalue weighted by Crippen LogP contribution is -2.48. The van der Waals surface area contributed by atoms with Crippen LogP contribution in [0.25, 0.3) is 0 Å². The van der Waals surface area contributed by atoms with Crippen LogP contribution in [0.15, 0.2) is 0 Å². The number of rotatable bonds is 5. The summed E-state index contributed by atoms with van der Waals surface area (Å²) in [7, 11) is 0. The van der Waals surface area contributed by atoms with E-state index >= 15 is 0 Å². The van der Waals surface area contributed by atoms with Crippen molar-refractivity contribution in [3.63, 3.8) is 0 Å². The van der Waals surface area contributed by atoms with E-state index in [1.54, 1.807) is 6.92 Å². The van der Waals surface area contributed by atoms with E-state index < -0.39 is 11.6 Å². The average Bonchev–Trinajstić information content (AvgIpc) is 3.21. The van der Waals surface area contributed by atoms with Gasteiger partial charge in [-0.15, -0.1) is 12.4 Å². The molecule has 2 aliphatic carbocycles. The number of hydrogen-bond acceptors (Lipinski definition) is 4. The van der Waals surface area contributed by atoms with Crippen LogP contribution in [-0.2, 0) is 9.59 Å². The van der Waals surface area contributed by atoms with Crippen LogP contribution in [0.5, 0.6) is 0 Å². The Kier molecular flexibility index (Phi) is 5.20. The van der Waals surface area contributed by atoms with Gasteiger partial charge in [0.2, 0.25) is 5.91 Å². The van der Waals surface area contributed by atoms with Crippen LogP contribution in [0.1, 0.15) is 39.0 Å². The summed E-state index contributed by atoms with van der Waals surface area (Å²) in [6, 6.07) is -0.399. The van der Waals surface area contributed by atoms with Gasteiger partial charge in [-0.05, 0) is 51.0 Å². The van der Waals surface area contributed by atoms with E-state index in [9.17, 15) is 14.4 Å². The Bertz CT molecular complexity index is 511. The normalized spacial score (nSPS) is 33.4. The highest BCUT2D eigenvalue weighted by Crippen LogP contribution is 2.42.